The number of carbonyl (C=O) groups is 3. The molecule has 0 saturated heterocycles. The van der Waals surface area contributed by atoms with Gasteiger partial charge in [0, 0.05) is 24.7 Å². The van der Waals surface area contributed by atoms with Crippen molar-refractivity contribution in [1.82, 2.24) is 20.6 Å². The van der Waals surface area contributed by atoms with E-state index in [1.54, 1.807) is 24.3 Å². The lowest BCUT2D eigenvalue weighted by molar-refractivity contribution is -0.142. The lowest BCUT2D eigenvalue weighted by Gasteiger charge is -2.21. The van der Waals surface area contributed by atoms with Crippen LogP contribution in [0, 0.1) is 0 Å². The van der Waals surface area contributed by atoms with Gasteiger partial charge in [0.05, 0.1) is 6.33 Å². The number of amides is 2. The number of rotatable bonds is 10. The topological polar surface area (TPSA) is 133 Å². The third kappa shape index (κ3) is 6.98. The van der Waals surface area contributed by atoms with E-state index in [0.717, 1.165) is 11.1 Å². The minimum Gasteiger partial charge on any atom is -0.480 e. The second-order valence-electron chi connectivity index (χ2n) is 7.13. The highest BCUT2D eigenvalue weighted by Gasteiger charge is 2.27. The van der Waals surface area contributed by atoms with Gasteiger partial charge in [-0.15, -0.1) is 0 Å². The molecule has 4 N–H and O–H groups in total. The van der Waals surface area contributed by atoms with Gasteiger partial charge in [-0.3, -0.25) is 4.79 Å². The van der Waals surface area contributed by atoms with Gasteiger partial charge in [0.1, 0.15) is 18.7 Å². The van der Waals surface area contributed by atoms with E-state index in [1.807, 2.05) is 36.4 Å². The van der Waals surface area contributed by atoms with Crippen molar-refractivity contribution in [3.05, 3.63) is 90.0 Å². The number of nitrogens with zero attached hydrogens (tertiary/aromatic N) is 1. The van der Waals surface area contributed by atoms with E-state index in [4.69, 9.17) is 4.74 Å². The number of aromatic amines is 1. The molecule has 0 aliphatic rings. The minimum absolute atomic E-state index is 0.0385. The summed E-state index contributed by atoms with van der Waals surface area (Å²) in [5.74, 6) is -1.81. The number of benzene rings is 2. The molecule has 3 aromatic rings. The van der Waals surface area contributed by atoms with E-state index < -0.39 is 30.1 Å². The molecule has 0 aliphatic heterocycles. The highest BCUT2D eigenvalue weighted by molar-refractivity contribution is 5.89. The van der Waals surface area contributed by atoms with Crippen molar-refractivity contribution in [2.24, 2.45) is 0 Å². The zero-order valence-corrected chi connectivity index (χ0v) is 17.2. The van der Waals surface area contributed by atoms with Crippen LogP contribution in [0.15, 0.2) is 73.2 Å². The molecule has 0 saturated carbocycles. The smallest absolute Gasteiger partial charge is 0.408 e. The normalized spacial score (nSPS) is 12.4. The molecule has 166 valence electrons. The number of ether oxygens (including phenoxy) is 1. The number of alkyl carbamates (subject to hydrolysis) is 1. The minimum atomic E-state index is -1.17. The summed E-state index contributed by atoms with van der Waals surface area (Å²) in [4.78, 5) is 43.7. The first-order chi connectivity index (χ1) is 15.5. The molecule has 0 bridgehead atoms. The average molecular weight is 436 g/mol. The van der Waals surface area contributed by atoms with Gasteiger partial charge in [0.2, 0.25) is 5.91 Å². The summed E-state index contributed by atoms with van der Waals surface area (Å²) in [5, 5.41) is 14.6. The van der Waals surface area contributed by atoms with E-state index in [1.165, 1.54) is 12.5 Å². The van der Waals surface area contributed by atoms with Crippen molar-refractivity contribution in [3.63, 3.8) is 0 Å². The maximum atomic E-state index is 12.9. The predicted octanol–water partition coefficient (Wildman–Crippen LogP) is 2.06. The quantitative estimate of drug-likeness (QED) is 0.384. The zero-order chi connectivity index (χ0) is 22.8. The Hall–Kier alpha value is -4.14. The number of carboxylic acid groups (broad SMARTS) is 1. The monoisotopic (exact) mass is 436 g/mol. The Balaban J connectivity index is 1.65. The number of hydrogen-bond acceptors (Lipinski definition) is 5. The number of nitrogens with one attached hydrogen (secondary N) is 3. The fourth-order valence-electron chi connectivity index (χ4n) is 3.05. The number of carboxylic acids is 1. The van der Waals surface area contributed by atoms with E-state index in [-0.39, 0.29) is 19.4 Å². The van der Waals surface area contributed by atoms with Crippen LogP contribution in [-0.2, 0) is 33.8 Å². The number of imidazole rings is 1. The molecule has 32 heavy (non-hydrogen) atoms. The molecule has 1 heterocycles. The van der Waals surface area contributed by atoms with E-state index in [0.29, 0.717) is 5.69 Å². The van der Waals surface area contributed by atoms with Gasteiger partial charge in [-0.05, 0) is 11.1 Å². The van der Waals surface area contributed by atoms with Crippen molar-refractivity contribution in [2.45, 2.75) is 31.5 Å². The van der Waals surface area contributed by atoms with Crippen LogP contribution in [0.1, 0.15) is 16.8 Å². The van der Waals surface area contributed by atoms with Crippen LogP contribution >= 0.6 is 0 Å². The van der Waals surface area contributed by atoms with Crippen LogP contribution in [0.5, 0.6) is 0 Å². The first-order valence-corrected chi connectivity index (χ1v) is 10.0. The Labute approximate surface area is 184 Å². The van der Waals surface area contributed by atoms with Gasteiger partial charge < -0.3 is 25.5 Å². The van der Waals surface area contributed by atoms with Crippen LogP contribution in [-0.4, -0.2) is 45.1 Å². The summed E-state index contributed by atoms with van der Waals surface area (Å²) in [7, 11) is 0. The lowest BCUT2D eigenvalue weighted by atomic mass is 10.0. The van der Waals surface area contributed by atoms with Gasteiger partial charge in [-0.25, -0.2) is 14.6 Å². The number of carbonyl (C=O) groups excluding carboxylic acids is 2. The molecule has 0 fully saturated rings. The first kappa shape index (κ1) is 22.5. The maximum absolute atomic E-state index is 12.9. The first-order valence-electron chi connectivity index (χ1n) is 10.0. The molecule has 0 aliphatic carbocycles. The van der Waals surface area contributed by atoms with Gasteiger partial charge in [0.25, 0.3) is 0 Å². The third-order valence-corrected chi connectivity index (χ3v) is 4.70. The summed E-state index contributed by atoms with van der Waals surface area (Å²) < 4.78 is 5.20. The van der Waals surface area contributed by atoms with Crippen molar-refractivity contribution in [1.29, 1.82) is 0 Å². The summed E-state index contributed by atoms with van der Waals surface area (Å²) in [5.41, 5.74) is 2.16. The van der Waals surface area contributed by atoms with Crippen molar-refractivity contribution < 1.29 is 24.2 Å². The van der Waals surface area contributed by atoms with Crippen LogP contribution in [0.25, 0.3) is 0 Å². The molecule has 9 heteroatoms. The Morgan fingerprint density at radius 3 is 2.16 bits per heavy atom. The second kappa shape index (κ2) is 11.3. The van der Waals surface area contributed by atoms with Crippen molar-refractivity contribution >= 4 is 18.0 Å². The molecule has 3 rings (SSSR count). The molecule has 2 aromatic carbocycles. The Morgan fingerprint density at radius 1 is 0.906 bits per heavy atom. The highest BCUT2D eigenvalue weighted by atomic mass is 16.5. The summed E-state index contributed by atoms with van der Waals surface area (Å²) in [6, 6.07) is 15.9. The van der Waals surface area contributed by atoms with Gasteiger partial charge in [0.15, 0.2) is 0 Å². The zero-order valence-electron chi connectivity index (χ0n) is 17.2. The van der Waals surface area contributed by atoms with Crippen molar-refractivity contribution in [2.75, 3.05) is 0 Å². The number of hydrogen-bond donors (Lipinski definition) is 4. The summed E-state index contributed by atoms with van der Waals surface area (Å²) >= 11 is 0. The second-order valence-corrected chi connectivity index (χ2v) is 7.13. The van der Waals surface area contributed by atoms with Crippen LogP contribution in [0.4, 0.5) is 4.79 Å². The largest absolute Gasteiger partial charge is 0.480 e. The fraction of sp³-hybridized carbons (Fsp3) is 0.217. The molecular formula is C23H24N4O5. The molecule has 2 atom stereocenters. The van der Waals surface area contributed by atoms with Gasteiger partial charge in [-0.1, -0.05) is 60.7 Å². The maximum Gasteiger partial charge on any atom is 0.408 e. The average Bonchev–Trinajstić information content (AvgIpc) is 3.31. The summed E-state index contributed by atoms with van der Waals surface area (Å²) in [6.45, 7) is 0.0385. The molecule has 2 unspecified atom stereocenters. The van der Waals surface area contributed by atoms with Crippen molar-refractivity contribution in [3.8, 4) is 0 Å². The molecule has 0 radical (unpaired) electrons. The number of aliphatic carboxylic acids is 1. The number of H-pyrrole nitrogens is 1. The van der Waals surface area contributed by atoms with Crippen LogP contribution < -0.4 is 10.6 Å². The summed E-state index contributed by atoms with van der Waals surface area (Å²) in [6.07, 6.45) is 2.38. The molecule has 1 aromatic heterocycles. The lowest BCUT2D eigenvalue weighted by Crippen LogP contribution is -2.53. The Kier molecular flexibility index (Phi) is 7.96. The van der Waals surface area contributed by atoms with Gasteiger partial charge >= 0.3 is 12.1 Å². The molecular weight excluding hydrogens is 412 g/mol. The van der Waals surface area contributed by atoms with Gasteiger partial charge in [-0.2, -0.15) is 0 Å². The Bertz CT molecular complexity index is 1010. The fourth-order valence-corrected chi connectivity index (χ4v) is 3.05. The standard InChI is InChI=1S/C23H24N4O5/c28-21(26-20(22(29)30)11-16-7-3-1-4-8-16)19(12-18-13-24-15-25-18)27-23(31)32-14-17-9-5-2-6-10-17/h1-10,13,15,19-20H,11-12,14H2,(H,24,25)(H,26,28)(H,27,31)(H,29,30). The molecule has 2 amide bonds. The van der Waals surface area contributed by atoms with E-state index in [9.17, 15) is 19.5 Å². The SMILES string of the molecule is O=C(NC(Cc1cnc[nH]1)C(=O)NC(Cc1ccccc1)C(=O)O)OCc1ccccc1. The molecule has 0 spiro atoms. The van der Waals surface area contributed by atoms with Crippen LogP contribution in [0.3, 0.4) is 0 Å². The third-order valence-electron chi connectivity index (χ3n) is 4.70. The highest BCUT2D eigenvalue weighted by Crippen LogP contribution is 2.06. The molecule has 9 nitrogen and oxygen atoms in total. The van der Waals surface area contributed by atoms with E-state index >= 15 is 0 Å². The van der Waals surface area contributed by atoms with Crippen LogP contribution in [0.2, 0.25) is 0 Å². The Morgan fingerprint density at radius 2 is 1.56 bits per heavy atom. The predicted molar refractivity (Wildman–Crippen MR) is 116 cm³/mol. The number of aromatic nitrogens is 2. The van der Waals surface area contributed by atoms with E-state index in [2.05, 4.69) is 20.6 Å².